The van der Waals surface area contributed by atoms with Crippen LogP contribution in [0.25, 0.3) is 0 Å². The van der Waals surface area contributed by atoms with E-state index in [-0.39, 0.29) is 29.9 Å². The molecule has 0 aromatic heterocycles. The van der Waals surface area contributed by atoms with Gasteiger partial charge in [-0.2, -0.15) is 0 Å². The van der Waals surface area contributed by atoms with Gasteiger partial charge in [-0.05, 0) is 12.1 Å². The molecular weight excluding hydrogens is 240 g/mol. The van der Waals surface area contributed by atoms with Crippen LogP contribution in [0.3, 0.4) is 0 Å². The van der Waals surface area contributed by atoms with E-state index < -0.39 is 16.7 Å². The van der Waals surface area contributed by atoms with Gasteiger partial charge in [-0.15, -0.1) is 0 Å². The molecule has 0 aliphatic rings. The molecule has 8 nitrogen and oxygen atoms in total. The summed E-state index contributed by atoms with van der Waals surface area (Å²) in [6, 6.07) is 3.69. The molecule has 5 N–H and O–H groups in total. The van der Waals surface area contributed by atoms with Gasteiger partial charge in [-0.25, -0.2) is 0 Å². The third-order valence-corrected chi connectivity index (χ3v) is 2.12. The van der Waals surface area contributed by atoms with Crippen molar-refractivity contribution in [2.45, 2.75) is 6.42 Å². The maximum Gasteiger partial charge on any atom is 0.282 e. The Bertz CT molecular complexity index is 501. The van der Waals surface area contributed by atoms with Crippen molar-refractivity contribution in [2.75, 3.05) is 12.3 Å². The lowest BCUT2D eigenvalue weighted by molar-refractivity contribution is -0.385. The summed E-state index contributed by atoms with van der Waals surface area (Å²) < 4.78 is 0. The van der Waals surface area contributed by atoms with Crippen LogP contribution in [0.4, 0.5) is 11.4 Å². The molecule has 0 bridgehead atoms. The molecule has 0 aliphatic carbocycles. The Hall–Kier alpha value is -2.64. The highest BCUT2D eigenvalue weighted by molar-refractivity contribution is 5.99. The molecule has 2 amide bonds. The third-order valence-electron chi connectivity index (χ3n) is 2.12. The highest BCUT2D eigenvalue weighted by Gasteiger charge is 2.19. The molecule has 18 heavy (non-hydrogen) atoms. The van der Waals surface area contributed by atoms with Gasteiger partial charge in [-0.1, -0.05) is 0 Å². The van der Waals surface area contributed by atoms with Crippen molar-refractivity contribution in [3.63, 3.8) is 0 Å². The van der Waals surface area contributed by atoms with E-state index >= 15 is 0 Å². The zero-order valence-electron chi connectivity index (χ0n) is 9.38. The Morgan fingerprint density at radius 2 is 2.06 bits per heavy atom. The first-order chi connectivity index (χ1) is 8.41. The highest BCUT2D eigenvalue weighted by atomic mass is 16.6. The summed E-state index contributed by atoms with van der Waals surface area (Å²) in [5, 5.41) is 13.1. The normalized spacial score (nSPS) is 9.78. The van der Waals surface area contributed by atoms with Gasteiger partial charge in [0.1, 0.15) is 5.56 Å². The number of hydrogen-bond donors (Lipinski definition) is 3. The molecule has 0 heterocycles. The van der Waals surface area contributed by atoms with Crippen molar-refractivity contribution in [2.24, 2.45) is 5.73 Å². The monoisotopic (exact) mass is 252 g/mol. The van der Waals surface area contributed by atoms with E-state index in [1.165, 1.54) is 12.1 Å². The molecule has 0 radical (unpaired) electrons. The largest absolute Gasteiger partial charge is 0.399 e. The predicted octanol–water partition coefficient (Wildman–Crippen LogP) is -0.218. The van der Waals surface area contributed by atoms with E-state index in [0.29, 0.717) is 0 Å². The molecule has 1 rings (SSSR count). The molecule has 1 aromatic rings. The first-order valence-corrected chi connectivity index (χ1v) is 5.02. The number of nitrogens with zero attached hydrogens (tertiary/aromatic N) is 1. The minimum absolute atomic E-state index is 0.0140. The van der Waals surface area contributed by atoms with Crippen molar-refractivity contribution in [1.82, 2.24) is 5.32 Å². The number of nitrogen functional groups attached to an aromatic ring is 1. The second-order valence-corrected chi connectivity index (χ2v) is 3.51. The molecule has 0 aliphatic heterocycles. The maximum absolute atomic E-state index is 11.7. The Morgan fingerprint density at radius 3 is 2.61 bits per heavy atom. The number of anilines is 1. The van der Waals surface area contributed by atoms with E-state index in [0.717, 1.165) is 6.07 Å². The third kappa shape index (κ3) is 3.44. The fraction of sp³-hybridized carbons (Fsp3) is 0.200. The summed E-state index contributed by atoms with van der Waals surface area (Å²) in [5.74, 6) is -1.24. The number of carbonyl (C=O) groups is 2. The van der Waals surface area contributed by atoms with Gasteiger partial charge in [0.2, 0.25) is 5.91 Å². The van der Waals surface area contributed by atoms with Crippen LogP contribution in [0.15, 0.2) is 18.2 Å². The fourth-order valence-electron chi connectivity index (χ4n) is 1.29. The Labute approximate surface area is 102 Å². The number of nitrogens with one attached hydrogen (secondary N) is 1. The average Bonchev–Trinajstić information content (AvgIpc) is 2.27. The SMILES string of the molecule is NC(=O)CCNC(=O)c1cc(N)ccc1[N+](=O)[O-]. The van der Waals surface area contributed by atoms with Gasteiger partial charge in [0.15, 0.2) is 0 Å². The standard InChI is InChI=1S/C10H12N4O4/c11-6-1-2-8(14(17)18)7(5-6)10(16)13-4-3-9(12)15/h1-2,5H,3-4,11H2,(H2,12,15)(H,13,16). The highest BCUT2D eigenvalue weighted by Crippen LogP contribution is 2.20. The lowest BCUT2D eigenvalue weighted by Crippen LogP contribution is -2.28. The average molecular weight is 252 g/mol. The predicted molar refractivity (Wildman–Crippen MR) is 63.7 cm³/mol. The number of rotatable bonds is 5. The van der Waals surface area contributed by atoms with Gasteiger partial charge in [0, 0.05) is 24.7 Å². The van der Waals surface area contributed by atoms with Gasteiger partial charge in [0.25, 0.3) is 11.6 Å². The van der Waals surface area contributed by atoms with Crippen molar-refractivity contribution in [3.05, 3.63) is 33.9 Å². The number of benzene rings is 1. The maximum atomic E-state index is 11.7. The molecule has 0 unspecified atom stereocenters. The molecule has 0 fully saturated rings. The number of nitro benzene ring substituents is 1. The van der Waals surface area contributed by atoms with Crippen LogP contribution in [0.1, 0.15) is 16.8 Å². The molecule has 8 heteroatoms. The van der Waals surface area contributed by atoms with Gasteiger partial charge in [-0.3, -0.25) is 19.7 Å². The number of carbonyl (C=O) groups excluding carboxylic acids is 2. The number of nitro groups is 1. The van der Waals surface area contributed by atoms with E-state index in [1.54, 1.807) is 0 Å². The molecule has 96 valence electrons. The summed E-state index contributed by atoms with van der Waals surface area (Å²) in [5.41, 5.74) is 10.1. The van der Waals surface area contributed by atoms with E-state index in [9.17, 15) is 19.7 Å². The van der Waals surface area contributed by atoms with Crippen molar-refractivity contribution < 1.29 is 14.5 Å². The molecule has 1 aromatic carbocycles. The smallest absolute Gasteiger partial charge is 0.282 e. The van der Waals surface area contributed by atoms with Crippen molar-refractivity contribution in [3.8, 4) is 0 Å². The Morgan fingerprint density at radius 1 is 1.39 bits per heavy atom. The summed E-state index contributed by atoms with van der Waals surface area (Å²) in [4.78, 5) is 32.2. The van der Waals surface area contributed by atoms with Crippen LogP contribution in [-0.4, -0.2) is 23.3 Å². The number of primary amides is 1. The first kappa shape index (κ1) is 13.4. The number of hydrogen-bond acceptors (Lipinski definition) is 5. The van der Waals surface area contributed by atoms with Crippen molar-refractivity contribution >= 4 is 23.2 Å². The summed E-state index contributed by atoms with van der Waals surface area (Å²) >= 11 is 0. The topological polar surface area (TPSA) is 141 Å². The summed E-state index contributed by atoms with van der Waals surface area (Å²) in [7, 11) is 0. The van der Waals surface area contributed by atoms with Crippen LogP contribution in [0.5, 0.6) is 0 Å². The fourth-order valence-corrected chi connectivity index (χ4v) is 1.29. The quantitative estimate of drug-likeness (QED) is 0.377. The van der Waals surface area contributed by atoms with Crippen molar-refractivity contribution in [1.29, 1.82) is 0 Å². The van der Waals surface area contributed by atoms with Crippen LogP contribution in [0.2, 0.25) is 0 Å². The van der Waals surface area contributed by atoms with Gasteiger partial charge in [0.05, 0.1) is 4.92 Å². The second-order valence-electron chi connectivity index (χ2n) is 3.51. The molecular formula is C10H12N4O4. The van der Waals surface area contributed by atoms with Gasteiger partial charge < -0.3 is 16.8 Å². The van der Waals surface area contributed by atoms with Crippen LogP contribution < -0.4 is 16.8 Å². The minimum Gasteiger partial charge on any atom is -0.399 e. The Kier molecular flexibility index (Phi) is 4.19. The number of nitrogens with two attached hydrogens (primary N) is 2. The summed E-state index contributed by atoms with van der Waals surface area (Å²) in [6.45, 7) is 0.0140. The minimum atomic E-state index is -0.678. The van der Waals surface area contributed by atoms with E-state index in [1.807, 2.05) is 0 Å². The number of amides is 2. The zero-order valence-corrected chi connectivity index (χ0v) is 9.38. The van der Waals surface area contributed by atoms with E-state index in [2.05, 4.69) is 5.32 Å². The molecule has 0 atom stereocenters. The van der Waals surface area contributed by atoms with Crippen LogP contribution in [-0.2, 0) is 4.79 Å². The molecule has 0 saturated heterocycles. The lowest BCUT2D eigenvalue weighted by atomic mass is 10.1. The second kappa shape index (κ2) is 5.62. The van der Waals surface area contributed by atoms with Crippen LogP contribution >= 0.6 is 0 Å². The Balaban J connectivity index is 2.87. The van der Waals surface area contributed by atoms with E-state index in [4.69, 9.17) is 11.5 Å². The van der Waals surface area contributed by atoms with Gasteiger partial charge >= 0.3 is 0 Å². The first-order valence-electron chi connectivity index (χ1n) is 5.02. The molecule has 0 saturated carbocycles. The van der Waals surface area contributed by atoms with Crippen LogP contribution in [0, 0.1) is 10.1 Å². The lowest BCUT2D eigenvalue weighted by Gasteiger charge is -2.05. The molecule has 0 spiro atoms. The zero-order chi connectivity index (χ0) is 13.7. The summed E-state index contributed by atoms with van der Waals surface area (Å²) in [6.07, 6.45) is -0.0398.